The highest BCUT2D eigenvalue weighted by Gasteiger charge is 2.49. The lowest BCUT2D eigenvalue weighted by atomic mass is 9.85. The van der Waals surface area contributed by atoms with Gasteiger partial charge in [-0.25, -0.2) is 0 Å². The van der Waals surface area contributed by atoms with Crippen molar-refractivity contribution in [3.05, 3.63) is 0 Å². The van der Waals surface area contributed by atoms with Crippen LogP contribution < -0.4 is 5.32 Å². The molecule has 62 valence electrons. The van der Waals surface area contributed by atoms with Crippen molar-refractivity contribution in [3.63, 3.8) is 0 Å². The zero-order valence-corrected chi connectivity index (χ0v) is 7.05. The number of amides is 1. The van der Waals surface area contributed by atoms with E-state index in [1.165, 1.54) is 0 Å². The van der Waals surface area contributed by atoms with Gasteiger partial charge in [-0.3, -0.25) is 4.79 Å². The van der Waals surface area contributed by atoms with Gasteiger partial charge >= 0.3 is 0 Å². The minimum atomic E-state index is 0.214. The summed E-state index contributed by atoms with van der Waals surface area (Å²) in [6, 6.07) is 0.440. The number of carbonyl (C=O) groups excluding carboxylic acids is 1. The van der Waals surface area contributed by atoms with Crippen LogP contribution in [0.25, 0.3) is 0 Å². The Morgan fingerprint density at radius 3 is 3.09 bits per heavy atom. The number of hydrogen-bond acceptors (Lipinski definition) is 2. The van der Waals surface area contributed by atoms with E-state index >= 15 is 0 Å². The highest BCUT2D eigenvalue weighted by molar-refractivity contribution is 5.80. The number of nitrogens with one attached hydrogen (secondary N) is 1. The lowest BCUT2D eigenvalue weighted by molar-refractivity contribution is -0.127. The molecule has 2 rings (SSSR count). The molecule has 3 nitrogen and oxygen atoms in total. The van der Waals surface area contributed by atoms with Crippen molar-refractivity contribution < 1.29 is 4.79 Å². The molecule has 2 atom stereocenters. The van der Waals surface area contributed by atoms with E-state index in [4.69, 9.17) is 0 Å². The molecule has 0 aromatic rings. The molecule has 2 saturated heterocycles. The Hall–Kier alpha value is -0.570. The summed E-state index contributed by atoms with van der Waals surface area (Å²) < 4.78 is 0. The Kier molecular flexibility index (Phi) is 1.27. The van der Waals surface area contributed by atoms with Crippen LogP contribution in [-0.4, -0.2) is 37.0 Å². The summed E-state index contributed by atoms with van der Waals surface area (Å²) in [6.07, 6.45) is 0.723. The van der Waals surface area contributed by atoms with Crippen LogP contribution in [0.3, 0.4) is 0 Å². The molecule has 2 unspecified atom stereocenters. The number of carbonyl (C=O) groups is 1. The average molecular weight is 154 g/mol. The molecule has 0 aliphatic carbocycles. The number of rotatable bonds is 0. The third-order valence-corrected chi connectivity index (χ3v) is 3.09. The van der Waals surface area contributed by atoms with Crippen LogP contribution in [-0.2, 0) is 4.79 Å². The van der Waals surface area contributed by atoms with Gasteiger partial charge in [0, 0.05) is 32.0 Å². The van der Waals surface area contributed by atoms with Gasteiger partial charge in [-0.05, 0) is 0 Å². The third kappa shape index (κ3) is 0.805. The first-order valence-corrected chi connectivity index (χ1v) is 4.10. The lowest BCUT2D eigenvalue weighted by Gasteiger charge is -2.24. The van der Waals surface area contributed by atoms with E-state index in [1.54, 1.807) is 0 Å². The fourth-order valence-electron chi connectivity index (χ4n) is 2.29. The Morgan fingerprint density at radius 1 is 1.73 bits per heavy atom. The van der Waals surface area contributed by atoms with Crippen molar-refractivity contribution in [2.24, 2.45) is 5.41 Å². The van der Waals surface area contributed by atoms with E-state index in [0.717, 1.165) is 19.5 Å². The molecule has 0 spiro atoms. The van der Waals surface area contributed by atoms with Crippen molar-refractivity contribution in [2.45, 2.75) is 19.4 Å². The van der Waals surface area contributed by atoms with E-state index < -0.39 is 0 Å². The van der Waals surface area contributed by atoms with E-state index in [1.807, 2.05) is 11.9 Å². The Morgan fingerprint density at radius 2 is 2.45 bits per heavy atom. The van der Waals surface area contributed by atoms with E-state index in [9.17, 15) is 4.79 Å². The second-order valence-electron chi connectivity index (χ2n) is 3.98. The number of hydrogen-bond donors (Lipinski definition) is 1. The largest absolute Gasteiger partial charge is 0.341 e. The van der Waals surface area contributed by atoms with E-state index in [2.05, 4.69) is 12.2 Å². The normalized spacial score (nSPS) is 43.3. The number of likely N-dealkylation sites (N-methyl/N-ethyl adjacent to an activating group) is 1. The highest BCUT2D eigenvalue weighted by Crippen LogP contribution is 2.38. The van der Waals surface area contributed by atoms with Gasteiger partial charge < -0.3 is 10.2 Å². The zero-order valence-electron chi connectivity index (χ0n) is 7.05. The molecular weight excluding hydrogens is 140 g/mol. The zero-order chi connectivity index (χ0) is 8.06. The van der Waals surface area contributed by atoms with Crippen molar-refractivity contribution >= 4 is 5.91 Å². The number of nitrogens with zero attached hydrogens (tertiary/aromatic N) is 1. The van der Waals surface area contributed by atoms with Gasteiger partial charge in [0.1, 0.15) is 0 Å². The van der Waals surface area contributed by atoms with Crippen LogP contribution in [0.2, 0.25) is 0 Å². The van der Waals surface area contributed by atoms with Gasteiger partial charge in [0.2, 0.25) is 5.91 Å². The Labute approximate surface area is 66.8 Å². The fraction of sp³-hybridized carbons (Fsp3) is 0.875. The SMILES string of the molecule is CN1C(=O)CC2(C)CNCC12. The van der Waals surface area contributed by atoms with Gasteiger partial charge in [-0.1, -0.05) is 6.92 Å². The van der Waals surface area contributed by atoms with Crippen LogP contribution in [0.4, 0.5) is 0 Å². The smallest absolute Gasteiger partial charge is 0.223 e. The molecule has 1 N–H and O–H groups in total. The van der Waals surface area contributed by atoms with Gasteiger partial charge in [-0.2, -0.15) is 0 Å². The van der Waals surface area contributed by atoms with Gasteiger partial charge in [0.25, 0.3) is 0 Å². The molecular formula is C8H14N2O. The summed E-state index contributed by atoms with van der Waals surface area (Å²) in [5.74, 6) is 0.305. The summed E-state index contributed by atoms with van der Waals surface area (Å²) in [4.78, 5) is 13.2. The standard InChI is InChI=1S/C8H14N2O/c1-8-3-7(11)10(2)6(8)4-9-5-8/h6,9H,3-5H2,1-2H3. The topological polar surface area (TPSA) is 32.3 Å². The first kappa shape index (κ1) is 7.10. The van der Waals surface area contributed by atoms with Gasteiger partial charge in [0.05, 0.1) is 6.04 Å². The summed E-state index contributed by atoms with van der Waals surface area (Å²) in [7, 11) is 1.91. The second kappa shape index (κ2) is 1.97. The van der Waals surface area contributed by atoms with Crippen LogP contribution in [0.1, 0.15) is 13.3 Å². The quantitative estimate of drug-likeness (QED) is 0.525. The van der Waals surface area contributed by atoms with Crippen LogP contribution in [0.5, 0.6) is 0 Å². The van der Waals surface area contributed by atoms with Crippen molar-refractivity contribution in [1.29, 1.82) is 0 Å². The second-order valence-corrected chi connectivity index (χ2v) is 3.98. The monoisotopic (exact) mass is 154 g/mol. The molecule has 11 heavy (non-hydrogen) atoms. The molecule has 2 aliphatic heterocycles. The Balaban J connectivity index is 2.28. The molecule has 0 aromatic heterocycles. The first-order chi connectivity index (χ1) is 5.13. The van der Waals surface area contributed by atoms with Gasteiger partial charge in [0.15, 0.2) is 0 Å². The minimum absolute atomic E-state index is 0.214. The average Bonchev–Trinajstić information content (AvgIpc) is 2.36. The van der Waals surface area contributed by atoms with Crippen molar-refractivity contribution in [2.75, 3.05) is 20.1 Å². The van der Waals surface area contributed by atoms with E-state index in [-0.39, 0.29) is 5.41 Å². The molecule has 3 heteroatoms. The summed E-state index contributed by atoms with van der Waals surface area (Å²) >= 11 is 0. The van der Waals surface area contributed by atoms with Crippen molar-refractivity contribution in [1.82, 2.24) is 10.2 Å². The maximum absolute atomic E-state index is 11.3. The summed E-state index contributed by atoms with van der Waals surface area (Å²) in [5.41, 5.74) is 0.214. The fourth-order valence-corrected chi connectivity index (χ4v) is 2.29. The highest BCUT2D eigenvalue weighted by atomic mass is 16.2. The lowest BCUT2D eigenvalue weighted by Crippen LogP contribution is -2.35. The van der Waals surface area contributed by atoms with Crippen LogP contribution in [0.15, 0.2) is 0 Å². The molecule has 0 aromatic carbocycles. The number of likely N-dealkylation sites (tertiary alicyclic amines) is 1. The molecule has 2 fully saturated rings. The van der Waals surface area contributed by atoms with Crippen molar-refractivity contribution in [3.8, 4) is 0 Å². The maximum Gasteiger partial charge on any atom is 0.223 e. The van der Waals surface area contributed by atoms with Crippen LogP contribution >= 0.6 is 0 Å². The molecule has 0 bridgehead atoms. The minimum Gasteiger partial charge on any atom is -0.341 e. The predicted octanol–water partition coefficient (Wildman–Crippen LogP) is -0.173. The maximum atomic E-state index is 11.3. The molecule has 2 heterocycles. The van der Waals surface area contributed by atoms with E-state index in [0.29, 0.717) is 11.9 Å². The molecule has 2 aliphatic rings. The predicted molar refractivity (Wildman–Crippen MR) is 42.2 cm³/mol. The Bertz CT molecular complexity index is 204. The first-order valence-electron chi connectivity index (χ1n) is 4.10. The van der Waals surface area contributed by atoms with Crippen LogP contribution in [0, 0.1) is 5.41 Å². The summed E-state index contributed by atoms with van der Waals surface area (Å²) in [5, 5.41) is 3.32. The number of fused-ring (bicyclic) bond motifs is 1. The molecule has 0 radical (unpaired) electrons. The van der Waals surface area contributed by atoms with Gasteiger partial charge in [-0.15, -0.1) is 0 Å². The summed E-state index contributed by atoms with van der Waals surface area (Å²) in [6.45, 7) is 4.16. The molecule has 0 saturated carbocycles. The third-order valence-electron chi connectivity index (χ3n) is 3.09. The molecule has 1 amide bonds.